The van der Waals surface area contributed by atoms with Crippen molar-refractivity contribution in [3.63, 3.8) is 0 Å². The molecule has 0 radical (unpaired) electrons. The fraction of sp³-hybridized carbons (Fsp3) is 0.500. The van der Waals surface area contributed by atoms with Gasteiger partial charge in [0.1, 0.15) is 0 Å². The van der Waals surface area contributed by atoms with Gasteiger partial charge < -0.3 is 15.1 Å². The molecule has 0 unspecified atom stereocenters. The van der Waals surface area contributed by atoms with Crippen molar-refractivity contribution in [2.75, 3.05) is 52.2 Å². The third kappa shape index (κ3) is 7.21. The number of hydrogen-bond donors (Lipinski definition) is 1. The molecule has 0 saturated carbocycles. The summed E-state index contributed by atoms with van der Waals surface area (Å²) in [6.45, 7) is 4.51. The van der Waals surface area contributed by atoms with Crippen molar-refractivity contribution in [2.24, 2.45) is 4.99 Å². The third-order valence-corrected chi connectivity index (χ3v) is 5.98. The van der Waals surface area contributed by atoms with Crippen LogP contribution in [0, 0.1) is 0 Å². The van der Waals surface area contributed by atoms with Crippen LogP contribution in [0.1, 0.15) is 16.8 Å². The van der Waals surface area contributed by atoms with Crippen LogP contribution in [0.2, 0.25) is 0 Å². The normalized spacial score (nSPS) is 15.5. The summed E-state index contributed by atoms with van der Waals surface area (Å²) in [5.74, 6) is 0.837. The fourth-order valence-electron chi connectivity index (χ4n) is 3.26. The number of hydrogen-bond acceptors (Lipinski definition) is 5. The summed E-state index contributed by atoms with van der Waals surface area (Å²) in [5.41, 5.74) is 1.26. The molecule has 1 aliphatic heterocycles. The van der Waals surface area contributed by atoms with Crippen LogP contribution in [0.15, 0.2) is 34.6 Å². The van der Waals surface area contributed by atoms with Crippen LogP contribution in [0.3, 0.4) is 0 Å². The number of piperazine rings is 1. The zero-order valence-corrected chi connectivity index (χ0v) is 21.0. The minimum Gasteiger partial charge on any atom is -0.354 e. The molecule has 2 heterocycles. The Bertz CT molecular complexity index is 845. The molecule has 1 aromatic heterocycles. The van der Waals surface area contributed by atoms with Crippen LogP contribution in [0.5, 0.6) is 0 Å². The number of nitrogens with zero attached hydrogens (tertiary/aromatic N) is 5. The summed E-state index contributed by atoms with van der Waals surface area (Å²) in [4.78, 5) is 15.4. The average molecular weight is 568 g/mol. The van der Waals surface area contributed by atoms with E-state index >= 15 is 0 Å². The molecule has 6 nitrogen and oxygen atoms in total. The summed E-state index contributed by atoms with van der Waals surface area (Å²) in [6.07, 6.45) is -4.29. The second-order valence-electron chi connectivity index (χ2n) is 7.37. The minimum absolute atomic E-state index is 0. The molecule has 0 atom stereocenters. The van der Waals surface area contributed by atoms with Crippen molar-refractivity contribution in [2.45, 2.75) is 19.3 Å². The first-order valence-corrected chi connectivity index (χ1v) is 10.6. The third-order valence-electron chi connectivity index (χ3n) is 4.92. The van der Waals surface area contributed by atoms with Gasteiger partial charge in [0.05, 0.1) is 17.8 Å². The zero-order chi connectivity index (χ0) is 21.7. The van der Waals surface area contributed by atoms with E-state index in [9.17, 15) is 13.2 Å². The molecular weight excluding hydrogens is 540 g/mol. The number of guanidine groups is 1. The molecule has 1 aliphatic rings. The number of thiazole rings is 1. The van der Waals surface area contributed by atoms with Crippen LogP contribution in [0.25, 0.3) is 0 Å². The second-order valence-corrected chi connectivity index (χ2v) is 8.21. The maximum atomic E-state index is 12.7. The summed E-state index contributed by atoms with van der Waals surface area (Å²) >= 11 is 1.61. The molecule has 1 N–H and O–H groups in total. The van der Waals surface area contributed by atoms with E-state index in [0.717, 1.165) is 60.7 Å². The van der Waals surface area contributed by atoms with Gasteiger partial charge >= 0.3 is 6.18 Å². The maximum absolute atomic E-state index is 12.7. The van der Waals surface area contributed by atoms with Gasteiger partial charge in [-0.25, -0.2) is 4.98 Å². The van der Waals surface area contributed by atoms with E-state index in [1.54, 1.807) is 30.5 Å². The van der Waals surface area contributed by atoms with Crippen molar-refractivity contribution >= 4 is 46.4 Å². The van der Waals surface area contributed by atoms with Gasteiger partial charge in [0.2, 0.25) is 0 Å². The maximum Gasteiger partial charge on any atom is 0.416 e. The minimum atomic E-state index is -4.29. The SMILES string of the molecule is CN=C(NCc1csc(N(C)C)n1)N1CCN(Cc2ccc(C(F)(F)F)cc2)CC1.I. The predicted octanol–water partition coefficient (Wildman–Crippen LogP) is 3.74. The Morgan fingerprint density at radius 3 is 2.32 bits per heavy atom. The molecule has 1 aromatic carbocycles. The predicted molar refractivity (Wildman–Crippen MR) is 130 cm³/mol. The van der Waals surface area contributed by atoms with Gasteiger partial charge in [0.25, 0.3) is 0 Å². The Kier molecular flexibility index (Phi) is 9.37. The van der Waals surface area contributed by atoms with Crippen molar-refractivity contribution in [3.05, 3.63) is 46.5 Å². The largest absolute Gasteiger partial charge is 0.416 e. The van der Waals surface area contributed by atoms with Gasteiger partial charge in [-0.3, -0.25) is 9.89 Å². The van der Waals surface area contributed by atoms with Crippen molar-refractivity contribution in [3.8, 4) is 0 Å². The van der Waals surface area contributed by atoms with E-state index in [4.69, 9.17) is 0 Å². The van der Waals surface area contributed by atoms with Crippen LogP contribution in [-0.2, 0) is 19.3 Å². The van der Waals surface area contributed by atoms with Gasteiger partial charge in [0, 0.05) is 59.2 Å². The van der Waals surface area contributed by atoms with E-state index in [-0.39, 0.29) is 24.0 Å². The molecule has 2 aromatic rings. The Hall–Kier alpha value is -1.60. The molecule has 0 aliphatic carbocycles. The fourth-order valence-corrected chi connectivity index (χ4v) is 4.02. The molecule has 11 heteroatoms. The highest BCUT2D eigenvalue weighted by Crippen LogP contribution is 2.29. The van der Waals surface area contributed by atoms with Gasteiger partial charge in [-0.2, -0.15) is 13.2 Å². The molecule has 3 rings (SSSR count). The topological polar surface area (TPSA) is 47.0 Å². The van der Waals surface area contributed by atoms with Gasteiger partial charge in [-0.15, -0.1) is 35.3 Å². The van der Waals surface area contributed by atoms with Crippen molar-refractivity contribution in [1.29, 1.82) is 0 Å². The Balaban J connectivity index is 0.00000341. The number of nitrogens with one attached hydrogen (secondary N) is 1. The average Bonchev–Trinajstić information content (AvgIpc) is 3.19. The molecule has 1 fully saturated rings. The van der Waals surface area contributed by atoms with Crippen LogP contribution in [-0.4, -0.2) is 68.1 Å². The molecule has 31 heavy (non-hydrogen) atoms. The van der Waals surface area contributed by atoms with Crippen molar-refractivity contribution in [1.82, 2.24) is 20.1 Å². The Morgan fingerprint density at radius 1 is 1.16 bits per heavy atom. The first kappa shape index (κ1) is 25.7. The second kappa shape index (κ2) is 11.3. The lowest BCUT2D eigenvalue weighted by Gasteiger charge is -2.36. The highest BCUT2D eigenvalue weighted by atomic mass is 127. The first-order valence-electron chi connectivity index (χ1n) is 9.72. The van der Waals surface area contributed by atoms with Crippen LogP contribution < -0.4 is 10.2 Å². The molecule has 0 spiro atoms. The number of anilines is 1. The zero-order valence-electron chi connectivity index (χ0n) is 17.8. The van der Waals surface area contributed by atoms with Crippen molar-refractivity contribution < 1.29 is 13.2 Å². The number of aliphatic imine (C=N–C) groups is 1. The lowest BCUT2D eigenvalue weighted by atomic mass is 10.1. The van der Waals surface area contributed by atoms with E-state index in [2.05, 4.69) is 25.1 Å². The number of halogens is 4. The highest BCUT2D eigenvalue weighted by Gasteiger charge is 2.30. The monoisotopic (exact) mass is 568 g/mol. The standard InChI is InChI=1S/C20H27F3N6S.HI/c1-24-18(25-12-17-14-30-19(26-17)27(2)3)29-10-8-28(9-11-29)13-15-4-6-16(7-5-15)20(21,22)23;/h4-7,14H,8-13H2,1-3H3,(H,24,25);1H. The number of aromatic nitrogens is 1. The van der Waals surface area contributed by atoms with Crippen LogP contribution >= 0.6 is 35.3 Å². The van der Waals surface area contributed by atoms with Gasteiger partial charge in [-0.05, 0) is 17.7 Å². The first-order chi connectivity index (χ1) is 14.3. The van der Waals surface area contributed by atoms with E-state index in [1.807, 2.05) is 24.4 Å². The molecule has 0 amide bonds. The lowest BCUT2D eigenvalue weighted by Crippen LogP contribution is -2.52. The quantitative estimate of drug-likeness (QED) is 0.339. The number of benzene rings is 1. The Morgan fingerprint density at radius 2 is 1.81 bits per heavy atom. The number of rotatable bonds is 5. The van der Waals surface area contributed by atoms with Gasteiger partial charge in [0.15, 0.2) is 11.1 Å². The number of alkyl halides is 3. The highest BCUT2D eigenvalue weighted by molar-refractivity contribution is 14.0. The van der Waals surface area contributed by atoms with Gasteiger partial charge in [-0.1, -0.05) is 12.1 Å². The van der Waals surface area contributed by atoms with Crippen LogP contribution in [0.4, 0.5) is 18.3 Å². The summed E-state index contributed by atoms with van der Waals surface area (Å²) < 4.78 is 38.1. The lowest BCUT2D eigenvalue weighted by molar-refractivity contribution is -0.137. The summed E-state index contributed by atoms with van der Waals surface area (Å²) in [5, 5.41) is 6.38. The smallest absolute Gasteiger partial charge is 0.354 e. The molecule has 0 bridgehead atoms. The Labute approximate surface area is 202 Å². The molecule has 1 saturated heterocycles. The summed E-state index contributed by atoms with van der Waals surface area (Å²) in [7, 11) is 5.71. The molecule has 172 valence electrons. The van der Waals surface area contributed by atoms with E-state index < -0.39 is 11.7 Å². The molecular formula is C20H28F3IN6S. The van der Waals surface area contributed by atoms with E-state index in [1.165, 1.54) is 0 Å². The van der Waals surface area contributed by atoms with E-state index in [0.29, 0.717) is 13.1 Å². The summed E-state index contributed by atoms with van der Waals surface area (Å²) in [6, 6.07) is 5.42.